The number of nitrogens with zero attached hydrogens (tertiary/aromatic N) is 3. The number of aryl methyl sites for hydroxylation is 1. The fraction of sp³-hybridized carbons (Fsp3) is 0.154. The Labute approximate surface area is 98.6 Å². The molecule has 4 nitrogen and oxygen atoms in total. The third kappa shape index (κ3) is 1.36. The lowest BCUT2D eigenvalue weighted by Gasteiger charge is -2.05. The van der Waals surface area contributed by atoms with Gasteiger partial charge in [-0.05, 0) is 30.0 Å². The number of aromatic nitrogens is 3. The van der Waals surface area contributed by atoms with Crippen LogP contribution in [0.3, 0.4) is 0 Å². The molecule has 0 saturated carbocycles. The summed E-state index contributed by atoms with van der Waals surface area (Å²) in [6.07, 6.45) is 3.01. The maximum atomic E-state index is 8.97. The van der Waals surface area contributed by atoms with Gasteiger partial charge < -0.3 is 0 Å². The second kappa shape index (κ2) is 3.56. The van der Waals surface area contributed by atoms with E-state index in [0.29, 0.717) is 11.4 Å². The molecule has 1 N–H and O–H groups in total. The minimum absolute atomic E-state index is 0.352. The number of rotatable bonds is 1. The Bertz CT molecular complexity index is 658. The number of hydrogen-bond donors (Lipinski definition) is 1. The Hall–Kier alpha value is -2.41. The van der Waals surface area contributed by atoms with Crippen molar-refractivity contribution >= 4 is 5.57 Å². The zero-order valence-electron chi connectivity index (χ0n) is 9.36. The van der Waals surface area contributed by atoms with Gasteiger partial charge in [0.25, 0.3) is 0 Å². The van der Waals surface area contributed by atoms with Crippen molar-refractivity contribution in [1.29, 1.82) is 5.26 Å². The Morgan fingerprint density at radius 1 is 1.35 bits per heavy atom. The predicted molar refractivity (Wildman–Crippen MR) is 63.1 cm³/mol. The lowest BCUT2D eigenvalue weighted by molar-refractivity contribution is 0.932. The summed E-state index contributed by atoms with van der Waals surface area (Å²) < 4.78 is 0. The fourth-order valence-electron chi connectivity index (χ4n) is 2.26. The third-order valence-electron chi connectivity index (χ3n) is 3.12. The van der Waals surface area contributed by atoms with Gasteiger partial charge in [0.2, 0.25) is 0 Å². The minimum atomic E-state index is 0.352. The van der Waals surface area contributed by atoms with E-state index in [-0.39, 0.29) is 0 Å². The molecule has 82 valence electrons. The third-order valence-corrected chi connectivity index (χ3v) is 3.12. The Balaban J connectivity index is 2.17. The van der Waals surface area contributed by atoms with Crippen LogP contribution in [0.1, 0.15) is 28.1 Å². The van der Waals surface area contributed by atoms with E-state index < -0.39 is 0 Å². The van der Waals surface area contributed by atoms with Crippen molar-refractivity contribution in [3.05, 3.63) is 52.4 Å². The topological polar surface area (TPSA) is 65.4 Å². The lowest BCUT2D eigenvalue weighted by Crippen LogP contribution is -1.92. The van der Waals surface area contributed by atoms with E-state index in [9.17, 15) is 0 Å². The van der Waals surface area contributed by atoms with Crippen LogP contribution >= 0.6 is 0 Å². The largest absolute Gasteiger partial charge is 0.196 e. The van der Waals surface area contributed by atoms with Gasteiger partial charge in [-0.2, -0.15) is 15.6 Å². The summed E-state index contributed by atoms with van der Waals surface area (Å²) in [4.78, 5) is 0. The molecule has 0 spiro atoms. The molecule has 3 rings (SSSR count). The van der Waals surface area contributed by atoms with Crippen LogP contribution in [0.4, 0.5) is 0 Å². The predicted octanol–water partition coefficient (Wildman–Crippen LogP) is 1.97. The zero-order valence-corrected chi connectivity index (χ0v) is 9.36. The summed E-state index contributed by atoms with van der Waals surface area (Å²) in [5.74, 6) is 0. The molecule has 0 amide bonds. The normalized spacial score (nSPS) is 13.1. The molecule has 1 aliphatic rings. The van der Waals surface area contributed by atoms with E-state index in [1.165, 1.54) is 11.1 Å². The molecule has 0 unspecified atom stereocenters. The average molecular weight is 222 g/mol. The number of benzene rings is 1. The van der Waals surface area contributed by atoms with Crippen LogP contribution in [-0.4, -0.2) is 15.4 Å². The van der Waals surface area contributed by atoms with Crippen molar-refractivity contribution in [2.75, 3.05) is 0 Å². The highest BCUT2D eigenvalue weighted by Gasteiger charge is 2.21. The van der Waals surface area contributed by atoms with E-state index in [4.69, 9.17) is 5.26 Å². The number of allylic oxidation sites excluding steroid dienone is 1. The molecule has 1 aliphatic carbocycles. The highest BCUT2D eigenvalue weighted by Crippen LogP contribution is 2.33. The van der Waals surface area contributed by atoms with E-state index >= 15 is 0 Å². The fourth-order valence-corrected chi connectivity index (χ4v) is 2.26. The van der Waals surface area contributed by atoms with Gasteiger partial charge in [-0.25, -0.2) is 0 Å². The molecule has 1 aromatic carbocycles. The van der Waals surface area contributed by atoms with Gasteiger partial charge in [-0.1, -0.05) is 24.3 Å². The van der Waals surface area contributed by atoms with Crippen molar-refractivity contribution in [2.45, 2.75) is 13.3 Å². The lowest BCUT2D eigenvalue weighted by atomic mass is 9.99. The van der Waals surface area contributed by atoms with Crippen LogP contribution in [0.15, 0.2) is 24.3 Å². The highest BCUT2D eigenvalue weighted by atomic mass is 15.3. The van der Waals surface area contributed by atoms with Crippen LogP contribution in [0.5, 0.6) is 0 Å². The van der Waals surface area contributed by atoms with Crippen molar-refractivity contribution in [1.82, 2.24) is 15.4 Å². The van der Waals surface area contributed by atoms with Gasteiger partial charge in [0.15, 0.2) is 5.69 Å². The Kier molecular flexibility index (Phi) is 2.05. The SMILES string of the molecule is Cc1cccc2c1CC=C2c1n[nH]nc1C#N. The van der Waals surface area contributed by atoms with Gasteiger partial charge in [0.05, 0.1) is 0 Å². The molecule has 17 heavy (non-hydrogen) atoms. The average Bonchev–Trinajstić information content (AvgIpc) is 2.94. The molecular weight excluding hydrogens is 212 g/mol. The van der Waals surface area contributed by atoms with Gasteiger partial charge >= 0.3 is 0 Å². The number of nitrogens with one attached hydrogen (secondary N) is 1. The van der Waals surface area contributed by atoms with Crippen LogP contribution in [0.2, 0.25) is 0 Å². The second-order valence-corrected chi connectivity index (χ2v) is 4.06. The number of hydrogen-bond acceptors (Lipinski definition) is 3. The molecule has 0 fully saturated rings. The molecule has 0 bridgehead atoms. The second-order valence-electron chi connectivity index (χ2n) is 4.06. The molecule has 1 aromatic heterocycles. The van der Waals surface area contributed by atoms with Crippen LogP contribution in [0.25, 0.3) is 5.57 Å². The summed E-state index contributed by atoms with van der Waals surface area (Å²) in [6.45, 7) is 2.10. The summed E-state index contributed by atoms with van der Waals surface area (Å²) >= 11 is 0. The zero-order chi connectivity index (χ0) is 11.8. The summed E-state index contributed by atoms with van der Waals surface area (Å²) in [5, 5.41) is 19.4. The van der Waals surface area contributed by atoms with E-state index in [0.717, 1.165) is 17.6 Å². The summed E-state index contributed by atoms with van der Waals surface area (Å²) in [5.41, 5.74) is 5.76. The molecule has 1 heterocycles. The van der Waals surface area contributed by atoms with Crippen molar-refractivity contribution in [3.63, 3.8) is 0 Å². The molecule has 0 aliphatic heterocycles. The van der Waals surface area contributed by atoms with E-state index in [1.54, 1.807) is 0 Å². The van der Waals surface area contributed by atoms with Crippen molar-refractivity contribution in [3.8, 4) is 6.07 Å². The standard InChI is InChI=1S/C13H10N4/c1-8-3-2-4-10-9(8)5-6-11(10)13-12(7-14)15-17-16-13/h2-4,6H,5H2,1H3,(H,15,16,17). The number of aromatic amines is 1. The highest BCUT2D eigenvalue weighted by molar-refractivity contribution is 5.85. The monoisotopic (exact) mass is 222 g/mol. The van der Waals surface area contributed by atoms with Gasteiger partial charge in [0.1, 0.15) is 11.8 Å². The molecule has 2 aromatic rings. The molecule has 0 radical (unpaired) electrons. The van der Waals surface area contributed by atoms with E-state index in [2.05, 4.69) is 46.6 Å². The minimum Gasteiger partial charge on any atom is -0.196 e. The summed E-state index contributed by atoms with van der Waals surface area (Å²) in [7, 11) is 0. The smallest absolute Gasteiger partial charge is 0.190 e. The van der Waals surface area contributed by atoms with Gasteiger partial charge in [-0.15, -0.1) is 5.10 Å². The first-order valence-electron chi connectivity index (χ1n) is 5.41. The maximum Gasteiger partial charge on any atom is 0.190 e. The number of H-pyrrole nitrogens is 1. The van der Waals surface area contributed by atoms with E-state index in [1.807, 2.05) is 6.07 Å². The molecule has 0 saturated heterocycles. The Morgan fingerprint density at radius 3 is 3.06 bits per heavy atom. The first-order valence-corrected chi connectivity index (χ1v) is 5.41. The van der Waals surface area contributed by atoms with Crippen molar-refractivity contribution < 1.29 is 0 Å². The van der Waals surface area contributed by atoms with Crippen LogP contribution in [0, 0.1) is 18.3 Å². The summed E-state index contributed by atoms with van der Waals surface area (Å²) in [6, 6.07) is 8.25. The maximum absolute atomic E-state index is 8.97. The molecule has 4 heteroatoms. The molecular formula is C13H10N4. The van der Waals surface area contributed by atoms with Crippen LogP contribution in [-0.2, 0) is 6.42 Å². The first kappa shape index (κ1) is 9.79. The van der Waals surface area contributed by atoms with Gasteiger partial charge in [0, 0.05) is 5.57 Å². The Morgan fingerprint density at radius 2 is 2.24 bits per heavy atom. The van der Waals surface area contributed by atoms with Gasteiger partial charge in [-0.3, -0.25) is 0 Å². The quantitative estimate of drug-likeness (QED) is 0.802. The number of fused-ring (bicyclic) bond motifs is 1. The van der Waals surface area contributed by atoms with Crippen molar-refractivity contribution in [2.24, 2.45) is 0 Å². The number of nitriles is 1. The van der Waals surface area contributed by atoms with Crippen LogP contribution < -0.4 is 0 Å². The molecule has 0 atom stereocenters. The first-order chi connectivity index (χ1) is 8.31.